The Morgan fingerprint density at radius 2 is 1.86 bits per heavy atom. The molecule has 0 bridgehead atoms. The molecule has 0 aromatic heterocycles. The van der Waals surface area contributed by atoms with E-state index in [4.69, 9.17) is 4.74 Å². The molecule has 0 aliphatic heterocycles. The molecule has 1 N–H and O–H groups in total. The maximum Gasteiger partial charge on any atom is 0.315 e. The third kappa shape index (κ3) is 4.72. The fourth-order valence-corrected chi connectivity index (χ4v) is 2.24. The fourth-order valence-electron chi connectivity index (χ4n) is 1.78. The molecular formula is C16H14BrNO3. The summed E-state index contributed by atoms with van der Waals surface area (Å²) in [7, 11) is 0. The van der Waals surface area contributed by atoms with Crippen LogP contribution in [0, 0.1) is 0 Å². The molecule has 0 heterocycles. The van der Waals surface area contributed by atoms with E-state index < -0.39 is 0 Å². The van der Waals surface area contributed by atoms with Crippen LogP contribution in [0.4, 0.5) is 5.69 Å². The van der Waals surface area contributed by atoms with Crippen molar-refractivity contribution >= 4 is 33.5 Å². The second-order valence-electron chi connectivity index (χ2n) is 4.46. The Bertz CT molecular complexity index is 656. The van der Waals surface area contributed by atoms with E-state index in [1.807, 2.05) is 30.3 Å². The summed E-state index contributed by atoms with van der Waals surface area (Å²) in [5.41, 5.74) is 1.53. The Balaban J connectivity index is 2.01. The maximum absolute atomic E-state index is 11.8. The van der Waals surface area contributed by atoms with Gasteiger partial charge in [0.1, 0.15) is 5.75 Å². The number of esters is 1. The fraction of sp³-hybridized carbons (Fsp3) is 0.125. The summed E-state index contributed by atoms with van der Waals surface area (Å²) in [6.07, 6.45) is 0.214. The van der Waals surface area contributed by atoms with Gasteiger partial charge in [0.05, 0.1) is 12.1 Å². The minimum Gasteiger partial charge on any atom is -0.426 e. The highest BCUT2D eigenvalue weighted by atomic mass is 79.9. The lowest BCUT2D eigenvalue weighted by molar-refractivity contribution is -0.133. The van der Waals surface area contributed by atoms with E-state index in [0.29, 0.717) is 15.9 Å². The van der Waals surface area contributed by atoms with Crippen molar-refractivity contribution in [2.75, 3.05) is 5.32 Å². The zero-order valence-electron chi connectivity index (χ0n) is 11.4. The van der Waals surface area contributed by atoms with Crippen molar-refractivity contribution in [3.05, 3.63) is 58.6 Å². The standard InChI is InChI=1S/C16H14BrNO3/c1-11(19)18-15-8-7-13(10-14(15)17)21-16(20)9-12-5-3-2-4-6-12/h2-8,10H,9H2,1H3,(H,18,19). The van der Waals surface area contributed by atoms with E-state index in [2.05, 4.69) is 21.2 Å². The first kappa shape index (κ1) is 15.3. The molecule has 0 aliphatic rings. The van der Waals surface area contributed by atoms with Crippen molar-refractivity contribution in [3.63, 3.8) is 0 Å². The zero-order chi connectivity index (χ0) is 15.2. The molecule has 1 amide bonds. The van der Waals surface area contributed by atoms with Gasteiger partial charge in [-0.15, -0.1) is 0 Å². The predicted molar refractivity (Wildman–Crippen MR) is 84.2 cm³/mol. The maximum atomic E-state index is 11.8. The molecule has 5 heteroatoms. The SMILES string of the molecule is CC(=O)Nc1ccc(OC(=O)Cc2ccccc2)cc1Br. The molecule has 2 rings (SSSR count). The van der Waals surface area contributed by atoms with Gasteiger partial charge in [-0.05, 0) is 39.7 Å². The van der Waals surface area contributed by atoms with Gasteiger partial charge in [0.25, 0.3) is 0 Å². The van der Waals surface area contributed by atoms with Gasteiger partial charge < -0.3 is 10.1 Å². The van der Waals surface area contributed by atoms with Crippen LogP contribution in [0.25, 0.3) is 0 Å². The number of hydrogen-bond donors (Lipinski definition) is 1. The van der Waals surface area contributed by atoms with E-state index >= 15 is 0 Å². The average Bonchev–Trinajstić information content (AvgIpc) is 2.42. The quantitative estimate of drug-likeness (QED) is 0.679. The first-order chi connectivity index (χ1) is 10.0. The Kier molecular flexibility index (Phi) is 5.11. The summed E-state index contributed by atoms with van der Waals surface area (Å²) in [5.74, 6) is -0.0678. The molecule has 108 valence electrons. The van der Waals surface area contributed by atoms with Gasteiger partial charge in [-0.3, -0.25) is 9.59 Å². The van der Waals surface area contributed by atoms with Gasteiger partial charge in [0.15, 0.2) is 0 Å². The van der Waals surface area contributed by atoms with Crippen molar-refractivity contribution in [1.29, 1.82) is 0 Å². The number of ether oxygens (including phenoxy) is 1. The number of benzene rings is 2. The van der Waals surface area contributed by atoms with E-state index in [0.717, 1.165) is 5.56 Å². The van der Waals surface area contributed by atoms with Gasteiger partial charge in [0.2, 0.25) is 5.91 Å². The molecule has 0 aliphatic carbocycles. The van der Waals surface area contributed by atoms with E-state index in [1.54, 1.807) is 18.2 Å². The highest BCUT2D eigenvalue weighted by Gasteiger charge is 2.09. The highest BCUT2D eigenvalue weighted by molar-refractivity contribution is 9.10. The lowest BCUT2D eigenvalue weighted by Gasteiger charge is -2.08. The van der Waals surface area contributed by atoms with Gasteiger partial charge in [0, 0.05) is 11.4 Å². The Morgan fingerprint density at radius 1 is 1.14 bits per heavy atom. The van der Waals surface area contributed by atoms with Crippen molar-refractivity contribution < 1.29 is 14.3 Å². The number of carbonyl (C=O) groups is 2. The van der Waals surface area contributed by atoms with Crippen LogP contribution in [0.15, 0.2) is 53.0 Å². The van der Waals surface area contributed by atoms with Crippen LogP contribution in [0.1, 0.15) is 12.5 Å². The molecule has 0 saturated heterocycles. The third-order valence-corrected chi connectivity index (χ3v) is 3.33. The second-order valence-corrected chi connectivity index (χ2v) is 5.31. The zero-order valence-corrected chi connectivity index (χ0v) is 13.0. The lowest BCUT2D eigenvalue weighted by atomic mass is 10.2. The molecule has 2 aromatic carbocycles. The predicted octanol–water partition coefficient (Wildman–Crippen LogP) is 3.56. The second kappa shape index (κ2) is 7.04. The van der Waals surface area contributed by atoms with Crippen molar-refractivity contribution in [2.45, 2.75) is 13.3 Å². The number of hydrogen-bond acceptors (Lipinski definition) is 3. The van der Waals surface area contributed by atoms with Gasteiger partial charge >= 0.3 is 5.97 Å². The van der Waals surface area contributed by atoms with Crippen molar-refractivity contribution in [3.8, 4) is 5.75 Å². The summed E-state index contributed by atoms with van der Waals surface area (Å²) in [6.45, 7) is 1.43. The van der Waals surface area contributed by atoms with Gasteiger partial charge in [-0.1, -0.05) is 30.3 Å². The molecular weight excluding hydrogens is 334 g/mol. The number of carbonyl (C=O) groups excluding carboxylic acids is 2. The number of anilines is 1. The average molecular weight is 348 g/mol. The molecule has 21 heavy (non-hydrogen) atoms. The highest BCUT2D eigenvalue weighted by Crippen LogP contribution is 2.27. The minimum atomic E-state index is -0.333. The topological polar surface area (TPSA) is 55.4 Å². The normalized spacial score (nSPS) is 10.0. The van der Waals surface area contributed by atoms with E-state index in [9.17, 15) is 9.59 Å². The van der Waals surface area contributed by atoms with Crippen molar-refractivity contribution in [2.24, 2.45) is 0 Å². The first-order valence-corrected chi connectivity index (χ1v) is 7.15. The molecule has 0 saturated carbocycles. The molecule has 0 atom stereocenters. The largest absolute Gasteiger partial charge is 0.426 e. The van der Waals surface area contributed by atoms with Crippen LogP contribution in [0.5, 0.6) is 5.75 Å². The summed E-state index contributed by atoms with van der Waals surface area (Å²) in [5, 5.41) is 2.67. The Morgan fingerprint density at radius 3 is 2.48 bits per heavy atom. The third-order valence-electron chi connectivity index (χ3n) is 2.67. The van der Waals surface area contributed by atoms with Crippen LogP contribution in [0.3, 0.4) is 0 Å². The van der Waals surface area contributed by atoms with Crippen LogP contribution >= 0.6 is 15.9 Å². The first-order valence-electron chi connectivity index (χ1n) is 6.36. The Labute approximate surface area is 131 Å². The van der Waals surface area contributed by atoms with E-state index in [1.165, 1.54) is 6.92 Å². The molecule has 0 spiro atoms. The van der Waals surface area contributed by atoms with E-state index in [-0.39, 0.29) is 18.3 Å². The molecule has 0 fully saturated rings. The molecule has 4 nitrogen and oxygen atoms in total. The lowest BCUT2D eigenvalue weighted by Crippen LogP contribution is -2.11. The van der Waals surface area contributed by atoms with Gasteiger partial charge in [-0.25, -0.2) is 0 Å². The van der Waals surface area contributed by atoms with Crippen LogP contribution in [-0.2, 0) is 16.0 Å². The summed E-state index contributed by atoms with van der Waals surface area (Å²) < 4.78 is 5.93. The summed E-state index contributed by atoms with van der Waals surface area (Å²) in [4.78, 5) is 22.9. The van der Waals surface area contributed by atoms with Gasteiger partial charge in [-0.2, -0.15) is 0 Å². The Hall–Kier alpha value is -2.14. The summed E-state index contributed by atoms with van der Waals surface area (Å²) in [6, 6.07) is 14.4. The van der Waals surface area contributed by atoms with Crippen LogP contribution in [-0.4, -0.2) is 11.9 Å². The van der Waals surface area contributed by atoms with Crippen LogP contribution < -0.4 is 10.1 Å². The molecule has 0 radical (unpaired) electrons. The minimum absolute atomic E-state index is 0.162. The number of nitrogens with one attached hydrogen (secondary N) is 1. The number of halogens is 1. The smallest absolute Gasteiger partial charge is 0.315 e. The number of rotatable bonds is 4. The number of amides is 1. The van der Waals surface area contributed by atoms with Crippen molar-refractivity contribution in [1.82, 2.24) is 0 Å². The monoisotopic (exact) mass is 347 g/mol. The van der Waals surface area contributed by atoms with Crippen LogP contribution in [0.2, 0.25) is 0 Å². The summed E-state index contributed by atoms with van der Waals surface area (Å²) >= 11 is 3.33. The molecule has 0 unspecified atom stereocenters. The molecule has 2 aromatic rings.